The number of benzene rings is 1. The van der Waals surface area contributed by atoms with E-state index in [1.165, 1.54) is 5.56 Å². The summed E-state index contributed by atoms with van der Waals surface area (Å²) in [5.41, 5.74) is 1.10. The largest absolute Gasteiger partial charge is 0.481 e. The second kappa shape index (κ2) is 10.2. The quantitative estimate of drug-likeness (QED) is 0.667. The fraction of sp³-hybridized carbons (Fsp3) is 0.458. The van der Waals surface area contributed by atoms with Crippen LogP contribution in [0.5, 0.6) is 5.88 Å². The molecule has 0 radical (unpaired) electrons. The van der Waals surface area contributed by atoms with Gasteiger partial charge in [0.05, 0.1) is 19.7 Å². The molecule has 0 atom stereocenters. The Morgan fingerprint density at radius 3 is 2.39 bits per heavy atom. The molecule has 2 N–H and O–H groups in total. The lowest BCUT2D eigenvalue weighted by molar-refractivity contribution is -0.122. The number of hydrogen-bond donors (Lipinski definition) is 2. The summed E-state index contributed by atoms with van der Waals surface area (Å²) in [5, 5.41) is 5.29. The third-order valence-corrected chi connectivity index (χ3v) is 6.46. The van der Waals surface area contributed by atoms with E-state index in [0.29, 0.717) is 23.9 Å². The Hall–Kier alpha value is -3.07. The number of ether oxygens (including phenoxy) is 1. The van der Waals surface area contributed by atoms with Crippen LogP contribution in [0.25, 0.3) is 0 Å². The van der Waals surface area contributed by atoms with E-state index < -0.39 is 17.5 Å². The van der Waals surface area contributed by atoms with Gasteiger partial charge in [0.2, 0.25) is 11.8 Å². The SMILES string of the molecule is COc1ccc(C2CCC(N3CC(NC(=O)CNC(=O)c4cc(F)cc(F)c4)C3)CC2)cn1. The maximum atomic E-state index is 13.2. The van der Waals surface area contributed by atoms with Crippen LogP contribution in [0, 0.1) is 11.6 Å². The molecule has 2 fully saturated rings. The Morgan fingerprint density at radius 2 is 1.79 bits per heavy atom. The molecule has 1 aliphatic heterocycles. The minimum absolute atomic E-state index is 0.0459. The molecule has 1 aromatic carbocycles. The van der Waals surface area contributed by atoms with Gasteiger partial charge in [0.1, 0.15) is 11.6 Å². The van der Waals surface area contributed by atoms with E-state index in [2.05, 4.69) is 26.6 Å². The van der Waals surface area contributed by atoms with Gasteiger partial charge in [0.25, 0.3) is 5.91 Å². The van der Waals surface area contributed by atoms with E-state index in [-0.39, 0.29) is 24.1 Å². The molecule has 0 spiro atoms. The molecule has 4 rings (SSSR count). The van der Waals surface area contributed by atoms with Crippen LogP contribution in [0.1, 0.15) is 47.5 Å². The van der Waals surface area contributed by atoms with Crippen molar-refractivity contribution >= 4 is 11.8 Å². The molecule has 0 unspecified atom stereocenters. The molecule has 2 aliphatic rings. The number of pyridine rings is 1. The molecule has 2 heterocycles. The van der Waals surface area contributed by atoms with Crippen molar-refractivity contribution < 1.29 is 23.1 Å². The van der Waals surface area contributed by atoms with Crippen LogP contribution < -0.4 is 15.4 Å². The normalized spacial score (nSPS) is 21.2. The predicted molar refractivity (Wildman–Crippen MR) is 118 cm³/mol. The molecule has 1 aliphatic carbocycles. The van der Waals surface area contributed by atoms with E-state index in [0.717, 1.165) is 50.9 Å². The number of carbonyl (C=O) groups excluding carboxylic acids is 2. The first kappa shape index (κ1) is 23.1. The van der Waals surface area contributed by atoms with Crippen LogP contribution in [0.2, 0.25) is 0 Å². The Bertz CT molecular complexity index is 967. The maximum absolute atomic E-state index is 13.2. The first-order valence-electron chi connectivity index (χ1n) is 11.2. The molecular formula is C24H28F2N4O3. The zero-order valence-corrected chi connectivity index (χ0v) is 18.5. The minimum atomic E-state index is -0.839. The minimum Gasteiger partial charge on any atom is -0.481 e. The zero-order chi connectivity index (χ0) is 23.4. The number of likely N-dealkylation sites (tertiary alicyclic amines) is 1. The van der Waals surface area contributed by atoms with E-state index >= 15 is 0 Å². The summed E-state index contributed by atoms with van der Waals surface area (Å²) in [7, 11) is 1.61. The van der Waals surface area contributed by atoms with Gasteiger partial charge in [-0.2, -0.15) is 0 Å². The van der Waals surface area contributed by atoms with Gasteiger partial charge in [-0.25, -0.2) is 13.8 Å². The fourth-order valence-corrected chi connectivity index (χ4v) is 4.66. The number of aromatic nitrogens is 1. The second-order valence-electron chi connectivity index (χ2n) is 8.70. The number of rotatable bonds is 7. The molecule has 2 aromatic rings. The van der Waals surface area contributed by atoms with Gasteiger partial charge < -0.3 is 15.4 Å². The molecule has 9 heteroatoms. The average Bonchev–Trinajstić information content (AvgIpc) is 2.79. The lowest BCUT2D eigenvalue weighted by Gasteiger charge is -2.46. The molecule has 1 saturated carbocycles. The Kier molecular flexibility index (Phi) is 7.17. The molecule has 7 nitrogen and oxygen atoms in total. The van der Waals surface area contributed by atoms with E-state index in [1.54, 1.807) is 7.11 Å². The number of halogens is 2. The topological polar surface area (TPSA) is 83.6 Å². The van der Waals surface area contributed by atoms with Crippen molar-refractivity contribution in [3.05, 3.63) is 59.3 Å². The van der Waals surface area contributed by atoms with Gasteiger partial charge in [0.15, 0.2) is 0 Å². The summed E-state index contributed by atoms with van der Waals surface area (Å²) in [5.74, 6) is -1.54. The smallest absolute Gasteiger partial charge is 0.251 e. The van der Waals surface area contributed by atoms with Gasteiger partial charge in [-0.15, -0.1) is 0 Å². The number of amides is 2. The zero-order valence-electron chi connectivity index (χ0n) is 18.5. The highest BCUT2D eigenvalue weighted by molar-refractivity contribution is 5.96. The molecule has 1 saturated heterocycles. The van der Waals surface area contributed by atoms with Crippen LogP contribution in [0.15, 0.2) is 36.5 Å². The van der Waals surface area contributed by atoms with Crippen molar-refractivity contribution in [1.29, 1.82) is 0 Å². The Labute approximate surface area is 191 Å². The van der Waals surface area contributed by atoms with Crippen molar-refractivity contribution in [2.45, 2.75) is 43.7 Å². The Balaban J connectivity index is 1.15. The van der Waals surface area contributed by atoms with Crippen molar-refractivity contribution in [2.75, 3.05) is 26.7 Å². The van der Waals surface area contributed by atoms with Gasteiger partial charge in [-0.1, -0.05) is 6.07 Å². The van der Waals surface area contributed by atoms with Crippen molar-refractivity contribution in [3.63, 3.8) is 0 Å². The molecular weight excluding hydrogens is 430 g/mol. The maximum Gasteiger partial charge on any atom is 0.251 e. The highest BCUT2D eigenvalue weighted by Gasteiger charge is 2.35. The monoisotopic (exact) mass is 458 g/mol. The van der Waals surface area contributed by atoms with Crippen LogP contribution >= 0.6 is 0 Å². The highest BCUT2D eigenvalue weighted by atomic mass is 19.1. The second-order valence-corrected chi connectivity index (χ2v) is 8.70. The molecule has 33 heavy (non-hydrogen) atoms. The van der Waals surface area contributed by atoms with Crippen LogP contribution in [-0.4, -0.2) is 60.5 Å². The van der Waals surface area contributed by atoms with Crippen molar-refractivity contribution in [3.8, 4) is 5.88 Å². The summed E-state index contributed by atoms with van der Waals surface area (Å²) in [4.78, 5) is 30.8. The highest BCUT2D eigenvalue weighted by Crippen LogP contribution is 2.36. The number of nitrogens with one attached hydrogen (secondary N) is 2. The van der Waals surface area contributed by atoms with E-state index in [4.69, 9.17) is 4.74 Å². The van der Waals surface area contributed by atoms with E-state index in [9.17, 15) is 18.4 Å². The third-order valence-electron chi connectivity index (χ3n) is 6.46. The van der Waals surface area contributed by atoms with Crippen LogP contribution in [0.3, 0.4) is 0 Å². The molecule has 2 amide bonds. The summed E-state index contributed by atoms with van der Waals surface area (Å²) >= 11 is 0. The molecule has 0 bridgehead atoms. The number of hydrogen-bond acceptors (Lipinski definition) is 5. The predicted octanol–water partition coefficient (Wildman–Crippen LogP) is 2.63. The first-order chi connectivity index (χ1) is 15.9. The number of methoxy groups -OCH3 is 1. The Morgan fingerprint density at radius 1 is 1.09 bits per heavy atom. The summed E-state index contributed by atoms with van der Waals surface area (Å²) in [6.45, 7) is 1.33. The van der Waals surface area contributed by atoms with Crippen LogP contribution in [-0.2, 0) is 4.79 Å². The van der Waals surface area contributed by atoms with Crippen LogP contribution in [0.4, 0.5) is 8.78 Å². The van der Waals surface area contributed by atoms with Gasteiger partial charge in [-0.05, 0) is 49.3 Å². The lowest BCUT2D eigenvalue weighted by atomic mass is 9.81. The van der Waals surface area contributed by atoms with Gasteiger partial charge in [-0.3, -0.25) is 14.5 Å². The summed E-state index contributed by atoms with van der Waals surface area (Å²) in [6, 6.07) is 7.11. The third kappa shape index (κ3) is 5.84. The van der Waals surface area contributed by atoms with Crippen molar-refractivity contribution in [2.24, 2.45) is 0 Å². The number of carbonyl (C=O) groups is 2. The standard InChI is InChI=1S/C24H28F2N4O3/c1-33-23-7-4-16(11-27-23)15-2-5-21(6-3-15)30-13-20(14-30)29-22(31)12-28-24(32)17-8-18(25)10-19(26)9-17/h4,7-11,15,20-21H,2-3,5-6,12-14H2,1H3,(H,28,32)(H,29,31). The van der Waals surface area contributed by atoms with E-state index in [1.807, 2.05) is 12.3 Å². The summed E-state index contributed by atoms with van der Waals surface area (Å²) < 4.78 is 31.6. The first-order valence-corrected chi connectivity index (χ1v) is 11.2. The lowest BCUT2D eigenvalue weighted by Crippen LogP contribution is -2.63. The molecule has 1 aromatic heterocycles. The number of nitrogens with zero attached hydrogens (tertiary/aromatic N) is 2. The van der Waals surface area contributed by atoms with Crippen molar-refractivity contribution in [1.82, 2.24) is 20.5 Å². The van der Waals surface area contributed by atoms with Gasteiger partial charge >= 0.3 is 0 Å². The fourth-order valence-electron chi connectivity index (χ4n) is 4.66. The average molecular weight is 459 g/mol. The summed E-state index contributed by atoms with van der Waals surface area (Å²) in [6.07, 6.45) is 6.34. The molecule has 176 valence electrons. The van der Waals surface area contributed by atoms with Gasteiger partial charge in [0, 0.05) is 43.0 Å².